The van der Waals surface area contributed by atoms with Gasteiger partial charge >= 0.3 is 0 Å². The van der Waals surface area contributed by atoms with Crippen LogP contribution in [-0.4, -0.2) is 5.78 Å². The minimum absolute atomic E-state index is 0.368. The second-order valence-corrected chi connectivity index (χ2v) is 5.69. The smallest absolute Gasteiger partial charge is 0.137 e. The van der Waals surface area contributed by atoms with E-state index in [2.05, 4.69) is 52.8 Å². The zero-order chi connectivity index (χ0) is 13.7. The molecule has 0 saturated heterocycles. The summed E-state index contributed by atoms with van der Waals surface area (Å²) in [7, 11) is 0. The van der Waals surface area contributed by atoms with Crippen molar-refractivity contribution in [3.05, 3.63) is 34.9 Å². The number of rotatable bonds is 6. The number of Topliss-reactive ketones (excluding diaryl/α,β-unsaturated/α-hetero) is 1. The summed E-state index contributed by atoms with van der Waals surface area (Å²) in [5.74, 6) is 1.33. The molecule has 1 aromatic rings. The highest BCUT2D eigenvalue weighted by Crippen LogP contribution is 2.28. The molecule has 1 aromatic carbocycles. The number of carbonyl (C=O) groups is 1. The van der Waals surface area contributed by atoms with Crippen molar-refractivity contribution >= 4 is 5.78 Å². The lowest BCUT2D eigenvalue weighted by Gasteiger charge is -2.19. The quantitative estimate of drug-likeness (QED) is 0.701. The largest absolute Gasteiger partial charge is 0.299 e. The molecule has 0 aromatic heterocycles. The number of carbonyl (C=O) groups excluding carboxylic acids is 1. The molecule has 0 amide bonds. The normalized spacial score (nSPS) is 11.3. The average molecular weight is 246 g/mol. The highest BCUT2D eigenvalue weighted by molar-refractivity contribution is 5.81. The van der Waals surface area contributed by atoms with Crippen molar-refractivity contribution in [1.29, 1.82) is 0 Å². The van der Waals surface area contributed by atoms with Gasteiger partial charge in [0.15, 0.2) is 0 Å². The molecule has 1 heteroatoms. The highest BCUT2D eigenvalue weighted by atomic mass is 16.1. The molecule has 0 aliphatic carbocycles. The van der Waals surface area contributed by atoms with E-state index in [-0.39, 0.29) is 0 Å². The predicted octanol–water partition coefficient (Wildman–Crippen LogP) is 4.85. The molecule has 0 bridgehead atoms. The second kappa shape index (κ2) is 6.72. The van der Waals surface area contributed by atoms with Crippen molar-refractivity contribution in [3.8, 4) is 0 Å². The number of hydrogen-bond donors (Lipinski definition) is 0. The van der Waals surface area contributed by atoms with E-state index in [1.165, 1.54) is 16.7 Å². The van der Waals surface area contributed by atoms with Crippen LogP contribution in [0, 0.1) is 0 Å². The summed E-state index contributed by atoms with van der Waals surface area (Å²) in [6.45, 7) is 10.9. The van der Waals surface area contributed by atoms with Crippen LogP contribution >= 0.6 is 0 Å². The monoisotopic (exact) mass is 246 g/mol. The molecule has 1 nitrogen and oxygen atoms in total. The van der Waals surface area contributed by atoms with Crippen molar-refractivity contribution in [3.63, 3.8) is 0 Å². The van der Waals surface area contributed by atoms with Crippen molar-refractivity contribution in [1.82, 2.24) is 0 Å². The Balaban J connectivity index is 3.14. The van der Waals surface area contributed by atoms with Crippen LogP contribution in [0.5, 0.6) is 0 Å². The molecule has 0 N–H and O–H groups in total. The van der Waals surface area contributed by atoms with E-state index in [1.807, 2.05) is 0 Å². The fourth-order valence-corrected chi connectivity index (χ4v) is 2.47. The molecule has 0 spiro atoms. The van der Waals surface area contributed by atoms with Gasteiger partial charge in [0.05, 0.1) is 0 Å². The Morgan fingerprint density at radius 1 is 1.06 bits per heavy atom. The van der Waals surface area contributed by atoms with E-state index in [9.17, 15) is 4.79 Å². The first-order valence-corrected chi connectivity index (χ1v) is 7.10. The van der Waals surface area contributed by atoms with Crippen LogP contribution in [0.1, 0.15) is 76.0 Å². The Labute approximate surface area is 112 Å². The van der Waals surface area contributed by atoms with Gasteiger partial charge < -0.3 is 0 Å². The van der Waals surface area contributed by atoms with Gasteiger partial charge in [0.25, 0.3) is 0 Å². The van der Waals surface area contributed by atoms with Crippen molar-refractivity contribution in [2.45, 2.75) is 65.7 Å². The summed E-state index contributed by atoms with van der Waals surface area (Å²) in [5, 5.41) is 0. The lowest BCUT2D eigenvalue weighted by molar-refractivity contribution is -0.118. The highest BCUT2D eigenvalue weighted by Gasteiger charge is 2.15. The molecule has 1 rings (SSSR count). The van der Waals surface area contributed by atoms with E-state index < -0.39 is 0 Å². The Bertz CT molecular complexity index is 376. The number of benzene rings is 1. The van der Waals surface area contributed by atoms with Crippen LogP contribution in [0.3, 0.4) is 0 Å². The number of ketones is 1. The average Bonchev–Trinajstić information content (AvgIpc) is 2.28. The summed E-state index contributed by atoms with van der Waals surface area (Å²) < 4.78 is 0. The maximum atomic E-state index is 12.0. The summed E-state index contributed by atoms with van der Waals surface area (Å²) in [5.41, 5.74) is 3.96. The summed E-state index contributed by atoms with van der Waals surface area (Å²) in [4.78, 5) is 12.0. The molecular weight excluding hydrogens is 220 g/mol. The Kier molecular flexibility index (Phi) is 5.58. The summed E-state index contributed by atoms with van der Waals surface area (Å²) in [6.07, 6.45) is 2.25. The third-order valence-corrected chi connectivity index (χ3v) is 3.40. The van der Waals surface area contributed by atoms with E-state index in [0.29, 0.717) is 30.5 Å². The molecule has 0 fully saturated rings. The van der Waals surface area contributed by atoms with Crippen molar-refractivity contribution in [2.75, 3.05) is 0 Å². The predicted molar refractivity (Wildman–Crippen MR) is 78.2 cm³/mol. The molecule has 0 atom stereocenters. The van der Waals surface area contributed by atoms with Gasteiger partial charge in [0.2, 0.25) is 0 Å². The Morgan fingerprint density at radius 3 is 1.94 bits per heavy atom. The SMILES string of the molecule is CCCC(=O)Cc1c(C(C)C)cccc1C(C)C. The molecule has 0 heterocycles. The van der Waals surface area contributed by atoms with Crippen LogP contribution in [0.15, 0.2) is 18.2 Å². The third-order valence-electron chi connectivity index (χ3n) is 3.40. The van der Waals surface area contributed by atoms with E-state index in [4.69, 9.17) is 0 Å². The Hall–Kier alpha value is -1.11. The van der Waals surface area contributed by atoms with Crippen molar-refractivity contribution < 1.29 is 4.79 Å². The van der Waals surface area contributed by atoms with Crippen LogP contribution in [-0.2, 0) is 11.2 Å². The van der Waals surface area contributed by atoms with Gasteiger partial charge in [-0.15, -0.1) is 0 Å². The number of hydrogen-bond acceptors (Lipinski definition) is 1. The lowest BCUT2D eigenvalue weighted by Crippen LogP contribution is -2.09. The van der Waals surface area contributed by atoms with Gasteiger partial charge in [-0.1, -0.05) is 52.8 Å². The van der Waals surface area contributed by atoms with Gasteiger partial charge in [-0.25, -0.2) is 0 Å². The van der Waals surface area contributed by atoms with Crippen molar-refractivity contribution in [2.24, 2.45) is 0 Å². The van der Waals surface area contributed by atoms with Gasteiger partial charge in [-0.05, 0) is 34.9 Å². The maximum absolute atomic E-state index is 12.0. The second-order valence-electron chi connectivity index (χ2n) is 5.69. The molecular formula is C17H26O. The zero-order valence-electron chi connectivity index (χ0n) is 12.4. The van der Waals surface area contributed by atoms with Crippen LogP contribution in [0.2, 0.25) is 0 Å². The molecule has 0 radical (unpaired) electrons. The molecule has 18 heavy (non-hydrogen) atoms. The first-order valence-electron chi connectivity index (χ1n) is 7.10. The minimum Gasteiger partial charge on any atom is -0.299 e. The van der Waals surface area contributed by atoms with Gasteiger partial charge in [0, 0.05) is 12.8 Å². The van der Waals surface area contributed by atoms with Crippen LogP contribution in [0.25, 0.3) is 0 Å². The van der Waals surface area contributed by atoms with Gasteiger partial charge in [-0.3, -0.25) is 4.79 Å². The van der Waals surface area contributed by atoms with Crippen LogP contribution in [0.4, 0.5) is 0 Å². The maximum Gasteiger partial charge on any atom is 0.137 e. The van der Waals surface area contributed by atoms with Gasteiger partial charge in [0.1, 0.15) is 5.78 Å². The third kappa shape index (κ3) is 3.69. The standard InChI is InChI=1S/C17H26O/c1-6-8-14(18)11-17-15(12(2)3)9-7-10-16(17)13(4)5/h7,9-10,12-13H,6,8,11H2,1-5H3. The van der Waals surface area contributed by atoms with E-state index >= 15 is 0 Å². The molecule has 0 saturated carbocycles. The topological polar surface area (TPSA) is 17.1 Å². The summed E-state index contributed by atoms with van der Waals surface area (Å²) >= 11 is 0. The fraction of sp³-hybridized carbons (Fsp3) is 0.588. The summed E-state index contributed by atoms with van der Waals surface area (Å²) in [6, 6.07) is 6.47. The van der Waals surface area contributed by atoms with E-state index in [0.717, 1.165) is 6.42 Å². The van der Waals surface area contributed by atoms with Gasteiger partial charge in [-0.2, -0.15) is 0 Å². The Morgan fingerprint density at radius 2 is 1.56 bits per heavy atom. The lowest BCUT2D eigenvalue weighted by atomic mass is 9.86. The minimum atomic E-state index is 0.368. The van der Waals surface area contributed by atoms with Crippen LogP contribution < -0.4 is 0 Å². The fourth-order valence-electron chi connectivity index (χ4n) is 2.47. The molecule has 0 aliphatic rings. The first-order chi connectivity index (χ1) is 8.47. The zero-order valence-corrected chi connectivity index (χ0v) is 12.4. The van der Waals surface area contributed by atoms with E-state index in [1.54, 1.807) is 0 Å². The first kappa shape index (κ1) is 14.9. The molecule has 0 unspecified atom stereocenters. The molecule has 100 valence electrons. The molecule has 0 aliphatic heterocycles.